The molecule has 0 spiro atoms. The highest BCUT2D eigenvalue weighted by Crippen LogP contribution is 2.40. The number of hydrogen-bond acceptors (Lipinski definition) is 3. The molecule has 5 nitrogen and oxygen atoms in total. The lowest BCUT2D eigenvalue weighted by atomic mass is 10.0. The summed E-state index contributed by atoms with van der Waals surface area (Å²) < 4.78 is 2.14. The van der Waals surface area contributed by atoms with Gasteiger partial charge in [-0.15, -0.1) is 0 Å². The van der Waals surface area contributed by atoms with Gasteiger partial charge in [-0.3, -0.25) is 4.98 Å². The molecule has 0 unspecified atom stereocenters. The molecule has 138 valence electrons. The molecule has 1 saturated heterocycles. The van der Waals surface area contributed by atoms with Crippen molar-refractivity contribution in [2.24, 2.45) is 0 Å². The molecule has 1 aliphatic heterocycles. The maximum absolute atomic E-state index is 9.62. The summed E-state index contributed by atoms with van der Waals surface area (Å²) in [4.78, 5) is 6.81. The van der Waals surface area contributed by atoms with Gasteiger partial charge in [-0.2, -0.15) is 0 Å². The molecule has 1 aliphatic rings. The largest absolute Gasteiger partial charge is 0.508 e. The number of phenolic OH excluding ortho intramolecular Hbond substituents is 1. The molecule has 1 aromatic carbocycles. The van der Waals surface area contributed by atoms with Gasteiger partial charge in [-0.1, -0.05) is 6.07 Å². The normalized spacial score (nSPS) is 19.5. The van der Waals surface area contributed by atoms with Crippen LogP contribution in [0.25, 0.3) is 5.69 Å². The molecule has 2 aromatic heterocycles. The molecule has 2 atom stereocenters. The standard InChI is InChI=1S/C21H22N4OS/c1-14(2)25-20(19(23-21(25)27)17-6-3-4-12-22-17)18-7-5-13-24(18)15-8-10-16(26)11-9-15/h3-14,19-20,26H,1-2H3,(H,23,27)/t19-,20-/m0/s1. The highest BCUT2D eigenvalue weighted by atomic mass is 32.1. The number of nitrogens with one attached hydrogen (secondary N) is 1. The molecular weight excluding hydrogens is 356 g/mol. The van der Waals surface area contributed by atoms with Gasteiger partial charge in [0.1, 0.15) is 5.75 Å². The van der Waals surface area contributed by atoms with Crippen LogP contribution >= 0.6 is 12.2 Å². The predicted octanol–water partition coefficient (Wildman–Crippen LogP) is 3.96. The lowest BCUT2D eigenvalue weighted by Crippen LogP contribution is -2.36. The van der Waals surface area contributed by atoms with Crippen LogP contribution in [-0.4, -0.2) is 30.7 Å². The molecule has 6 heteroatoms. The second kappa shape index (κ2) is 7.04. The third-order valence-electron chi connectivity index (χ3n) is 4.90. The van der Waals surface area contributed by atoms with Crippen LogP contribution in [-0.2, 0) is 0 Å². The number of aromatic hydroxyl groups is 1. The molecule has 27 heavy (non-hydrogen) atoms. The predicted molar refractivity (Wildman–Crippen MR) is 110 cm³/mol. The van der Waals surface area contributed by atoms with Crippen molar-refractivity contribution in [1.29, 1.82) is 0 Å². The molecule has 4 rings (SSSR count). The monoisotopic (exact) mass is 378 g/mol. The zero-order valence-corrected chi connectivity index (χ0v) is 16.1. The smallest absolute Gasteiger partial charge is 0.170 e. The number of rotatable bonds is 4. The minimum absolute atomic E-state index is 0.0104. The van der Waals surface area contributed by atoms with Crippen molar-refractivity contribution in [3.63, 3.8) is 0 Å². The number of hydrogen-bond donors (Lipinski definition) is 2. The Kier molecular flexibility index (Phi) is 4.58. The zero-order chi connectivity index (χ0) is 19.0. The van der Waals surface area contributed by atoms with Gasteiger partial charge in [0, 0.05) is 29.8 Å². The summed E-state index contributed by atoms with van der Waals surface area (Å²) in [6.07, 6.45) is 3.85. The third kappa shape index (κ3) is 3.17. The van der Waals surface area contributed by atoms with Crippen molar-refractivity contribution in [1.82, 2.24) is 19.8 Å². The fourth-order valence-corrected chi connectivity index (χ4v) is 4.17. The van der Waals surface area contributed by atoms with E-state index in [0.29, 0.717) is 0 Å². The fourth-order valence-electron chi connectivity index (χ4n) is 3.72. The van der Waals surface area contributed by atoms with Gasteiger partial charge in [-0.25, -0.2) is 0 Å². The number of nitrogens with zero attached hydrogens (tertiary/aromatic N) is 3. The van der Waals surface area contributed by atoms with E-state index in [1.165, 1.54) is 0 Å². The summed E-state index contributed by atoms with van der Waals surface area (Å²) in [7, 11) is 0. The first-order valence-electron chi connectivity index (χ1n) is 9.02. The van der Waals surface area contributed by atoms with Crippen molar-refractivity contribution < 1.29 is 5.11 Å². The Hall–Kier alpha value is -2.86. The van der Waals surface area contributed by atoms with E-state index in [1.807, 2.05) is 48.8 Å². The van der Waals surface area contributed by atoms with E-state index in [2.05, 4.69) is 39.7 Å². The Morgan fingerprint density at radius 3 is 2.52 bits per heavy atom. The van der Waals surface area contributed by atoms with Crippen molar-refractivity contribution in [3.05, 3.63) is 78.4 Å². The van der Waals surface area contributed by atoms with E-state index < -0.39 is 0 Å². The Bertz CT molecular complexity index is 936. The summed E-state index contributed by atoms with van der Waals surface area (Å²) >= 11 is 5.67. The average molecular weight is 379 g/mol. The lowest BCUT2D eigenvalue weighted by molar-refractivity contribution is 0.262. The first kappa shape index (κ1) is 17.5. The van der Waals surface area contributed by atoms with Gasteiger partial charge in [0.15, 0.2) is 5.11 Å². The SMILES string of the molecule is CC(C)N1C(=S)N[C@@H](c2ccccn2)[C@@H]1c1cccn1-c1ccc(O)cc1. The Labute approximate surface area is 164 Å². The summed E-state index contributed by atoms with van der Waals surface area (Å²) in [5.74, 6) is 0.256. The van der Waals surface area contributed by atoms with E-state index in [0.717, 1.165) is 22.2 Å². The Morgan fingerprint density at radius 1 is 1.07 bits per heavy atom. The maximum atomic E-state index is 9.62. The molecule has 3 heterocycles. The fraction of sp³-hybridized carbons (Fsp3) is 0.238. The third-order valence-corrected chi connectivity index (χ3v) is 5.23. The molecule has 3 aromatic rings. The van der Waals surface area contributed by atoms with Crippen LogP contribution in [0.15, 0.2) is 67.0 Å². The van der Waals surface area contributed by atoms with Crippen LogP contribution in [0.2, 0.25) is 0 Å². The van der Waals surface area contributed by atoms with Gasteiger partial charge in [-0.05, 0) is 74.6 Å². The first-order chi connectivity index (χ1) is 13.1. The number of pyridine rings is 1. The molecular formula is C21H22N4OS. The van der Waals surface area contributed by atoms with E-state index in [-0.39, 0.29) is 23.9 Å². The number of aromatic nitrogens is 2. The molecule has 0 bridgehead atoms. The van der Waals surface area contributed by atoms with Crippen molar-refractivity contribution in [2.45, 2.75) is 32.0 Å². The van der Waals surface area contributed by atoms with Crippen LogP contribution in [0.4, 0.5) is 0 Å². The van der Waals surface area contributed by atoms with Crippen LogP contribution in [0.1, 0.15) is 37.3 Å². The topological polar surface area (TPSA) is 53.3 Å². The maximum Gasteiger partial charge on any atom is 0.170 e. The van der Waals surface area contributed by atoms with Gasteiger partial charge >= 0.3 is 0 Å². The molecule has 0 amide bonds. The Morgan fingerprint density at radius 2 is 1.85 bits per heavy atom. The number of benzene rings is 1. The molecule has 0 radical (unpaired) electrons. The highest BCUT2D eigenvalue weighted by Gasteiger charge is 2.42. The van der Waals surface area contributed by atoms with E-state index in [1.54, 1.807) is 12.1 Å². The minimum Gasteiger partial charge on any atom is -0.508 e. The van der Waals surface area contributed by atoms with Crippen LogP contribution in [0.5, 0.6) is 5.75 Å². The van der Waals surface area contributed by atoms with Crippen LogP contribution in [0, 0.1) is 0 Å². The van der Waals surface area contributed by atoms with Crippen molar-refractivity contribution in [3.8, 4) is 11.4 Å². The average Bonchev–Trinajstić information content (AvgIpc) is 3.27. The molecule has 0 saturated carbocycles. The first-order valence-corrected chi connectivity index (χ1v) is 9.43. The van der Waals surface area contributed by atoms with E-state index >= 15 is 0 Å². The van der Waals surface area contributed by atoms with Crippen molar-refractivity contribution in [2.75, 3.05) is 0 Å². The van der Waals surface area contributed by atoms with E-state index in [4.69, 9.17) is 12.2 Å². The van der Waals surface area contributed by atoms with Gasteiger partial charge in [0.2, 0.25) is 0 Å². The summed E-state index contributed by atoms with van der Waals surface area (Å²) in [6.45, 7) is 4.30. The minimum atomic E-state index is -0.0353. The second-order valence-corrected chi connectivity index (χ2v) is 7.33. The van der Waals surface area contributed by atoms with Crippen LogP contribution in [0.3, 0.4) is 0 Å². The van der Waals surface area contributed by atoms with Crippen molar-refractivity contribution >= 4 is 17.3 Å². The van der Waals surface area contributed by atoms with Gasteiger partial charge in [0.05, 0.1) is 17.8 Å². The zero-order valence-electron chi connectivity index (χ0n) is 15.3. The number of phenols is 1. The molecule has 0 aliphatic carbocycles. The lowest BCUT2D eigenvalue weighted by Gasteiger charge is -2.31. The molecule has 1 fully saturated rings. The second-order valence-electron chi connectivity index (χ2n) is 6.95. The van der Waals surface area contributed by atoms with Crippen LogP contribution < -0.4 is 5.32 Å². The summed E-state index contributed by atoms with van der Waals surface area (Å²) in [5, 5.41) is 13.8. The van der Waals surface area contributed by atoms with Gasteiger partial charge < -0.3 is 19.9 Å². The number of thiocarbonyl (C=S) groups is 1. The quantitative estimate of drug-likeness (QED) is 0.673. The molecule has 2 N–H and O–H groups in total. The summed E-state index contributed by atoms with van der Waals surface area (Å²) in [6, 6.07) is 17.6. The summed E-state index contributed by atoms with van der Waals surface area (Å²) in [5.41, 5.74) is 3.08. The van der Waals surface area contributed by atoms with Gasteiger partial charge in [0.25, 0.3) is 0 Å². The Balaban J connectivity index is 1.82. The van der Waals surface area contributed by atoms with E-state index in [9.17, 15) is 5.11 Å². The highest BCUT2D eigenvalue weighted by molar-refractivity contribution is 7.80.